The third-order valence-corrected chi connectivity index (χ3v) is 2.15. The first-order chi connectivity index (χ1) is 6.25. The second kappa shape index (κ2) is 3.08. The molecule has 0 saturated heterocycles. The summed E-state index contributed by atoms with van der Waals surface area (Å²) in [5, 5.41) is 0. The van der Waals surface area contributed by atoms with Crippen LogP contribution in [0.1, 0.15) is 16.7 Å². The van der Waals surface area contributed by atoms with Crippen LogP contribution in [-0.4, -0.2) is 0 Å². The van der Waals surface area contributed by atoms with Gasteiger partial charge in [-0.05, 0) is 43.2 Å². The summed E-state index contributed by atoms with van der Waals surface area (Å²) in [5.74, 6) is 0. The first-order valence-electron chi connectivity index (χ1n) is 4.47. The number of allylic oxidation sites excluding steroid dienone is 3. The Balaban J connectivity index is 2.47. The average Bonchev–Trinajstić information content (AvgIpc) is 2.53. The predicted molar refractivity (Wildman–Crippen MR) is 56.5 cm³/mol. The molecule has 0 nitrogen and oxygen atoms in total. The van der Waals surface area contributed by atoms with E-state index >= 15 is 0 Å². The van der Waals surface area contributed by atoms with Gasteiger partial charge in [-0.1, -0.05) is 29.3 Å². The zero-order valence-electron chi connectivity index (χ0n) is 7.96. The Morgan fingerprint density at radius 3 is 2.23 bits per heavy atom. The molecule has 0 heterocycles. The molecule has 0 saturated carbocycles. The first-order valence-corrected chi connectivity index (χ1v) is 4.47. The van der Waals surface area contributed by atoms with E-state index in [0.717, 1.165) is 0 Å². The number of hydrogen-bond acceptors (Lipinski definition) is 0. The van der Waals surface area contributed by atoms with Crippen molar-refractivity contribution in [2.24, 2.45) is 0 Å². The molecular weight excluding hydrogens is 156 g/mol. The molecule has 0 N–H and O–H groups in total. The molecule has 0 radical (unpaired) electrons. The highest BCUT2D eigenvalue weighted by molar-refractivity contribution is 5.77. The monoisotopic (exact) mass is 168 g/mol. The predicted octanol–water partition coefficient (Wildman–Crippen LogP) is 3.41. The van der Waals surface area contributed by atoms with E-state index in [2.05, 4.69) is 43.9 Å². The van der Waals surface area contributed by atoms with Crippen molar-refractivity contribution in [1.29, 1.82) is 0 Å². The lowest BCUT2D eigenvalue weighted by atomic mass is 10.0. The molecule has 1 aliphatic rings. The van der Waals surface area contributed by atoms with Crippen molar-refractivity contribution in [3.63, 3.8) is 0 Å². The summed E-state index contributed by atoms with van der Waals surface area (Å²) in [5.41, 5.74) is 8.25. The van der Waals surface area contributed by atoms with Crippen molar-refractivity contribution in [1.82, 2.24) is 0 Å². The maximum atomic E-state index is 3.07. The smallest absolute Gasteiger partial charge is 0.0100 e. The quantitative estimate of drug-likeness (QED) is 0.564. The zero-order chi connectivity index (χ0) is 9.26. The largest absolute Gasteiger partial charge is 0.120 e. The normalized spacial score (nSPS) is 13.5. The molecule has 0 unspecified atom stereocenters. The van der Waals surface area contributed by atoms with E-state index in [-0.39, 0.29) is 0 Å². The third-order valence-electron chi connectivity index (χ3n) is 2.15. The van der Waals surface area contributed by atoms with Gasteiger partial charge >= 0.3 is 0 Å². The Bertz CT molecular complexity index is 407. The fourth-order valence-electron chi connectivity index (χ4n) is 1.64. The van der Waals surface area contributed by atoms with Crippen LogP contribution in [0.15, 0.2) is 42.2 Å². The van der Waals surface area contributed by atoms with Crippen molar-refractivity contribution in [2.75, 3.05) is 0 Å². The van der Waals surface area contributed by atoms with Crippen LogP contribution in [0.3, 0.4) is 0 Å². The van der Waals surface area contributed by atoms with Crippen molar-refractivity contribution in [3.05, 3.63) is 58.8 Å². The van der Waals surface area contributed by atoms with Crippen LogP contribution in [0.2, 0.25) is 0 Å². The van der Waals surface area contributed by atoms with Crippen molar-refractivity contribution in [3.8, 4) is 0 Å². The summed E-state index contributed by atoms with van der Waals surface area (Å²) < 4.78 is 0. The van der Waals surface area contributed by atoms with E-state index in [4.69, 9.17) is 0 Å². The molecule has 2 rings (SSSR count). The minimum absolute atomic E-state index is 1.26. The number of benzene rings is 1. The fraction of sp³-hybridized carbons (Fsp3) is 0.154. The van der Waals surface area contributed by atoms with Gasteiger partial charge in [0.2, 0.25) is 0 Å². The fourth-order valence-corrected chi connectivity index (χ4v) is 1.64. The Kier molecular flexibility index (Phi) is 1.92. The van der Waals surface area contributed by atoms with Crippen molar-refractivity contribution >= 4 is 5.57 Å². The van der Waals surface area contributed by atoms with E-state index in [9.17, 15) is 0 Å². The number of aryl methyl sites for hydroxylation is 2. The van der Waals surface area contributed by atoms with Crippen LogP contribution in [0.25, 0.3) is 5.57 Å². The number of rotatable bonds is 1. The van der Waals surface area contributed by atoms with E-state index in [1.165, 1.54) is 22.3 Å². The zero-order valence-corrected chi connectivity index (χ0v) is 7.96. The first kappa shape index (κ1) is 8.10. The molecule has 64 valence electrons. The van der Waals surface area contributed by atoms with Gasteiger partial charge in [0.25, 0.3) is 0 Å². The highest BCUT2D eigenvalue weighted by atomic mass is 14.0. The van der Waals surface area contributed by atoms with Crippen LogP contribution in [0.5, 0.6) is 0 Å². The van der Waals surface area contributed by atoms with Crippen LogP contribution >= 0.6 is 0 Å². The Hall–Kier alpha value is -1.52. The van der Waals surface area contributed by atoms with Gasteiger partial charge < -0.3 is 0 Å². The molecule has 0 fully saturated rings. The average molecular weight is 168 g/mol. The molecule has 0 heteroatoms. The van der Waals surface area contributed by atoms with Crippen molar-refractivity contribution < 1.29 is 0 Å². The van der Waals surface area contributed by atoms with Gasteiger partial charge in [0.05, 0.1) is 0 Å². The maximum Gasteiger partial charge on any atom is -0.0100 e. The molecule has 1 aromatic carbocycles. The second-order valence-corrected chi connectivity index (χ2v) is 3.48. The molecule has 1 aliphatic carbocycles. The molecule has 0 bridgehead atoms. The SMILES string of the molecule is Cc1cc(C)cc(C2=CC=C=C2)c1. The lowest BCUT2D eigenvalue weighted by molar-refractivity contribution is 1.37. The minimum atomic E-state index is 1.26. The molecule has 0 amide bonds. The summed E-state index contributed by atoms with van der Waals surface area (Å²) in [6.45, 7) is 4.26. The second-order valence-electron chi connectivity index (χ2n) is 3.48. The highest BCUT2D eigenvalue weighted by Crippen LogP contribution is 2.20. The molecule has 0 aromatic heterocycles. The van der Waals surface area contributed by atoms with Gasteiger partial charge in [-0.25, -0.2) is 0 Å². The Morgan fingerprint density at radius 1 is 1.00 bits per heavy atom. The lowest BCUT2D eigenvalue weighted by Gasteiger charge is -2.03. The van der Waals surface area contributed by atoms with Gasteiger partial charge in [0, 0.05) is 0 Å². The lowest BCUT2D eigenvalue weighted by Crippen LogP contribution is -1.84. The highest BCUT2D eigenvalue weighted by Gasteiger charge is 2.00. The van der Waals surface area contributed by atoms with Gasteiger partial charge in [-0.2, -0.15) is 0 Å². The Morgan fingerprint density at radius 2 is 1.69 bits per heavy atom. The van der Waals surface area contributed by atoms with E-state index < -0.39 is 0 Å². The minimum Gasteiger partial charge on any atom is -0.120 e. The molecule has 1 aromatic rings. The van der Waals surface area contributed by atoms with Gasteiger partial charge in [-0.3, -0.25) is 0 Å². The maximum absolute atomic E-state index is 3.07. The van der Waals surface area contributed by atoms with E-state index in [1.807, 2.05) is 12.2 Å². The van der Waals surface area contributed by atoms with Gasteiger partial charge in [-0.15, -0.1) is 5.73 Å². The summed E-state index contributed by atoms with van der Waals surface area (Å²) in [6, 6.07) is 6.60. The molecule has 13 heavy (non-hydrogen) atoms. The van der Waals surface area contributed by atoms with Gasteiger partial charge in [0.15, 0.2) is 0 Å². The van der Waals surface area contributed by atoms with Crippen LogP contribution in [0, 0.1) is 13.8 Å². The van der Waals surface area contributed by atoms with Crippen LogP contribution < -0.4 is 0 Å². The third kappa shape index (κ3) is 1.63. The molecule has 0 aliphatic heterocycles. The molecular formula is C13H12. The summed E-state index contributed by atoms with van der Waals surface area (Å²) in [6.07, 6.45) is 6.06. The Labute approximate surface area is 78.9 Å². The summed E-state index contributed by atoms with van der Waals surface area (Å²) >= 11 is 0. The molecule has 0 atom stereocenters. The summed E-state index contributed by atoms with van der Waals surface area (Å²) in [4.78, 5) is 0. The topological polar surface area (TPSA) is 0 Å². The van der Waals surface area contributed by atoms with Gasteiger partial charge in [0.1, 0.15) is 0 Å². The van der Waals surface area contributed by atoms with Crippen LogP contribution in [0.4, 0.5) is 0 Å². The molecule has 0 spiro atoms. The van der Waals surface area contributed by atoms with Crippen molar-refractivity contribution in [2.45, 2.75) is 13.8 Å². The summed E-state index contributed by atoms with van der Waals surface area (Å²) in [7, 11) is 0. The van der Waals surface area contributed by atoms with E-state index in [0.29, 0.717) is 0 Å². The van der Waals surface area contributed by atoms with Crippen LogP contribution in [-0.2, 0) is 0 Å². The number of hydrogen-bond donors (Lipinski definition) is 0. The standard InChI is InChI=1S/C13H12/c1-10-7-11(2)9-13(8-10)12-5-3-4-6-12/h3,5-9H,1-2H3. The van der Waals surface area contributed by atoms with E-state index in [1.54, 1.807) is 0 Å².